The number of rotatable bonds is 5. The number of carbonyl (C=O) groups is 1. The summed E-state index contributed by atoms with van der Waals surface area (Å²) in [5.74, 6) is -0.0387. The average molecular weight is 339 g/mol. The third kappa shape index (κ3) is 4.37. The van der Waals surface area contributed by atoms with Gasteiger partial charge in [-0.3, -0.25) is 9.78 Å². The zero-order valence-corrected chi connectivity index (χ0v) is 14.9. The third-order valence-corrected chi connectivity index (χ3v) is 4.50. The van der Waals surface area contributed by atoms with Gasteiger partial charge in [0.1, 0.15) is 0 Å². The first kappa shape index (κ1) is 17.4. The Morgan fingerprint density at radius 3 is 2.76 bits per heavy atom. The van der Waals surface area contributed by atoms with Crippen molar-refractivity contribution in [2.45, 2.75) is 26.3 Å². The molecule has 1 aliphatic rings. The Hall–Kier alpha value is -2.40. The normalized spacial score (nSPS) is 15.7. The molecule has 5 nitrogen and oxygen atoms in total. The fourth-order valence-electron chi connectivity index (χ4n) is 3.12. The molecule has 1 aromatic carbocycles. The smallest absolute Gasteiger partial charge is 0.253 e. The van der Waals surface area contributed by atoms with Gasteiger partial charge in [-0.25, -0.2) is 0 Å². The van der Waals surface area contributed by atoms with Crippen LogP contribution in [0.1, 0.15) is 28.5 Å². The van der Waals surface area contributed by atoms with Crippen molar-refractivity contribution < 1.29 is 9.53 Å². The van der Waals surface area contributed by atoms with Gasteiger partial charge in [-0.1, -0.05) is 18.2 Å². The van der Waals surface area contributed by atoms with E-state index in [2.05, 4.69) is 15.2 Å². The number of benzene rings is 1. The molecule has 1 saturated heterocycles. The second kappa shape index (κ2) is 8.12. The predicted molar refractivity (Wildman–Crippen MR) is 99.1 cm³/mol. The number of morpholine rings is 1. The molecule has 1 amide bonds. The number of nitrogens with one attached hydrogen (secondary N) is 1. The summed E-state index contributed by atoms with van der Waals surface area (Å²) in [6.07, 6.45) is 2.52. The van der Waals surface area contributed by atoms with Crippen molar-refractivity contribution in [3.8, 4) is 0 Å². The second-order valence-corrected chi connectivity index (χ2v) is 6.46. The number of aryl methyl sites for hydroxylation is 1. The Bertz CT molecular complexity index is 726. The van der Waals surface area contributed by atoms with Crippen LogP contribution >= 0.6 is 0 Å². The number of para-hydroxylation sites is 1. The fourth-order valence-corrected chi connectivity index (χ4v) is 3.12. The van der Waals surface area contributed by atoms with E-state index in [1.807, 2.05) is 50.2 Å². The lowest BCUT2D eigenvalue weighted by Gasteiger charge is -2.30. The highest BCUT2D eigenvalue weighted by Gasteiger charge is 2.19. The van der Waals surface area contributed by atoms with Crippen molar-refractivity contribution in [3.05, 3.63) is 59.4 Å². The van der Waals surface area contributed by atoms with Crippen molar-refractivity contribution in [2.24, 2.45) is 0 Å². The highest BCUT2D eigenvalue weighted by atomic mass is 16.5. The first-order valence-corrected chi connectivity index (χ1v) is 8.78. The molecule has 0 aliphatic carbocycles. The highest BCUT2D eigenvalue weighted by Crippen LogP contribution is 2.21. The van der Waals surface area contributed by atoms with Crippen molar-refractivity contribution in [3.63, 3.8) is 0 Å². The molecular formula is C20H25N3O2. The van der Waals surface area contributed by atoms with Crippen LogP contribution < -0.4 is 10.2 Å². The zero-order chi connectivity index (χ0) is 17.6. The van der Waals surface area contributed by atoms with Gasteiger partial charge in [0.25, 0.3) is 5.91 Å². The van der Waals surface area contributed by atoms with Crippen LogP contribution in [0, 0.1) is 6.92 Å². The second-order valence-electron chi connectivity index (χ2n) is 6.46. The maximum absolute atomic E-state index is 12.8. The van der Waals surface area contributed by atoms with Gasteiger partial charge in [-0.2, -0.15) is 0 Å². The summed E-state index contributed by atoms with van der Waals surface area (Å²) in [6, 6.07) is 11.8. The number of pyridine rings is 1. The molecule has 25 heavy (non-hydrogen) atoms. The van der Waals surface area contributed by atoms with Gasteiger partial charge in [-0.05, 0) is 37.6 Å². The summed E-state index contributed by atoms with van der Waals surface area (Å²) in [4.78, 5) is 19.4. The van der Waals surface area contributed by atoms with Gasteiger partial charge in [0.05, 0.1) is 18.8 Å². The number of anilines is 1. The van der Waals surface area contributed by atoms with Crippen LogP contribution in [0.15, 0.2) is 42.6 Å². The molecule has 0 bridgehead atoms. The molecule has 0 spiro atoms. The van der Waals surface area contributed by atoms with Gasteiger partial charge < -0.3 is 15.0 Å². The molecule has 0 saturated carbocycles. The first-order chi connectivity index (χ1) is 12.1. The van der Waals surface area contributed by atoms with E-state index < -0.39 is 0 Å². The summed E-state index contributed by atoms with van der Waals surface area (Å²) < 4.78 is 5.41. The number of amides is 1. The van der Waals surface area contributed by atoms with Crippen LogP contribution in [-0.4, -0.2) is 43.2 Å². The van der Waals surface area contributed by atoms with Gasteiger partial charge in [0.2, 0.25) is 0 Å². The van der Waals surface area contributed by atoms with Crippen LogP contribution in [0.3, 0.4) is 0 Å². The third-order valence-electron chi connectivity index (χ3n) is 4.50. The Kier molecular flexibility index (Phi) is 5.66. The molecule has 2 heterocycles. The molecule has 2 aromatic rings. The maximum Gasteiger partial charge on any atom is 0.253 e. The molecule has 1 N–H and O–H groups in total. The molecule has 0 unspecified atom stereocenters. The van der Waals surface area contributed by atoms with Crippen LogP contribution in [0.4, 0.5) is 5.69 Å². The molecule has 1 aliphatic heterocycles. The summed E-state index contributed by atoms with van der Waals surface area (Å²) >= 11 is 0. The SMILES string of the molecule is Cc1cccnc1C[C@H](C)NC(=O)c1ccccc1N1CCOCC1. The zero-order valence-electron chi connectivity index (χ0n) is 14.9. The lowest BCUT2D eigenvalue weighted by Crippen LogP contribution is -2.39. The van der Waals surface area contributed by atoms with Crippen LogP contribution in [0.5, 0.6) is 0 Å². The van der Waals surface area contributed by atoms with E-state index in [0.29, 0.717) is 18.8 Å². The number of ether oxygens (including phenoxy) is 1. The Morgan fingerprint density at radius 1 is 1.24 bits per heavy atom. The summed E-state index contributed by atoms with van der Waals surface area (Å²) in [5.41, 5.74) is 3.87. The van der Waals surface area contributed by atoms with Gasteiger partial charge >= 0.3 is 0 Å². The molecule has 5 heteroatoms. The molecule has 0 radical (unpaired) electrons. The fraction of sp³-hybridized carbons (Fsp3) is 0.400. The van der Waals surface area contributed by atoms with E-state index in [1.54, 1.807) is 6.20 Å². The molecule has 1 fully saturated rings. The van der Waals surface area contributed by atoms with Crippen LogP contribution in [0.2, 0.25) is 0 Å². The lowest BCUT2D eigenvalue weighted by molar-refractivity contribution is 0.0938. The number of aromatic nitrogens is 1. The van der Waals surface area contributed by atoms with E-state index in [9.17, 15) is 4.79 Å². The Labute approximate surface area is 149 Å². The van der Waals surface area contributed by atoms with Gasteiger partial charge in [0, 0.05) is 43.1 Å². The largest absolute Gasteiger partial charge is 0.378 e. The van der Waals surface area contributed by atoms with E-state index >= 15 is 0 Å². The minimum atomic E-state index is -0.0387. The molecule has 1 atom stereocenters. The van der Waals surface area contributed by atoms with Crippen molar-refractivity contribution in [1.82, 2.24) is 10.3 Å². The standard InChI is InChI=1S/C20H25N3O2/c1-15-6-5-9-21-18(15)14-16(2)22-20(24)17-7-3-4-8-19(17)23-10-12-25-13-11-23/h3-9,16H,10-14H2,1-2H3,(H,22,24)/t16-/m0/s1. The topological polar surface area (TPSA) is 54.5 Å². The number of nitrogens with zero attached hydrogens (tertiary/aromatic N) is 2. The van der Waals surface area contributed by atoms with Crippen LogP contribution in [0.25, 0.3) is 0 Å². The summed E-state index contributed by atoms with van der Waals surface area (Å²) in [7, 11) is 0. The van der Waals surface area contributed by atoms with E-state index in [0.717, 1.165) is 36.5 Å². The molecular weight excluding hydrogens is 314 g/mol. The van der Waals surface area contributed by atoms with Crippen LogP contribution in [-0.2, 0) is 11.2 Å². The molecule has 1 aromatic heterocycles. The number of hydrogen-bond acceptors (Lipinski definition) is 4. The Balaban J connectivity index is 1.69. The summed E-state index contributed by atoms with van der Waals surface area (Å²) in [5, 5.41) is 3.11. The number of hydrogen-bond donors (Lipinski definition) is 1. The average Bonchev–Trinajstić information content (AvgIpc) is 2.64. The predicted octanol–water partition coefficient (Wildman–Crippen LogP) is 2.59. The van der Waals surface area contributed by atoms with Crippen molar-refractivity contribution in [2.75, 3.05) is 31.2 Å². The van der Waals surface area contributed by atoms with Gasteiger partial charge in [-0.15, -0.1) is 0 Å². The monoisotopic (exact) mass is 339 g/mol. The van der Waals surface area contributed by atoms with E-state index in [4.69, 9.17) is 4.74 Å². The molecule has 132 valence electrons. The van der Waals surface area contributed by atoms with E-state index in [1.165, 1.54) is 0 Å². The van der Waals surface area contributed by atoms with Gasteiger partial charge in [0.15, 0.2) is 0 Å². The Morgan fingerprint density at radius 2 is 2.00 bits per heavy atom. The minimum absolute atomic E-state index is 0.0128. The van der Waals surface area contributed by atoms with E-state index in [-0.39, 0.29) is 11.9 Å². The first-order valence-electron chi connectivity index (χ1n) is 8.78. The highest BCUT2D eigenvalue weighted by molar-refractivity contribution is 6.00. The maximum atomic E-state index is 12.8. The lowest BCUT2D eigenvalue weighted by atomic mass is 10.1. The quantitative estimate of drug-likeness (QED) is 0.910. The van der Waals surface area contributed by atoms with Crippen molar-refractivity contribution in [1.29, 1.82) is 0 Å². The number of carbonyl (C=O) groups excluding carboxylic acids is 1. The minimum Gasteiger partial charge on any atom is -0.378 e. The summed E-state index contributed by atoms with van der Waals surface area (Å²) in [6.45, 7) is 7.09. The van der Waals surface area contributed by atoms with Crippen molar-refractivity contribution >= 4 is 11.6 Å². The molecule has 3 rings (SSSR count).